The topological polar surface area (TPSA) is 55.4 Å². The van der Waals surface area contributed by atoms with Gasteiger partial charge in [-0.15, -0.1) is 0 Å². The summed E-state index contributed by atoms with van der Waals surface area (Å²) in [4.78, 5) is 0. The van der Waals surface area contributed by atoms with Gasteiger partial charge in [-0.05, 0) is 43.0 Å². The second-order valence-electron chi connectivity index (χ2n) is 5.39. The molecule has 0 saturated heterocycles. The van der Waals surface area contributed by atoms with Crippen molar-refractivity contribution in [1.29, 1.82) is 0 Å². The van der Waals surface area contributed by atoms with Gasteiger partial charge in [-0.2, -0.15) is 0 Å². The van der Waals surface area contributed by atoms with Gasteiger partial charge >= 0.3 is 0 Å². The zero-order chi connectivity index (χ0) is 17.4. The van der Waals surface area contributed by atoms with E-state index in [0.717, 1.165) is 17.7 Å². The minimum atomic E-state index is -3.40. The van der Waals surface area contributed by atoms with Gasteiger partial charge in [0.2, 0.25) is 10.0 Å². The van der Waals surface area contributed by atoms with Gasteiger partial charge in [-0.25, -0.2) is 13.1 Å². The molecule has 2 aromatic carbocycles. The Hall–Kier alpha value is -1.56. The summed E-state index contributed by atoms with van der Waals surface area (Å²) in [6.45, 7) is 2.94. The highest BCUT2D eigenvalue weighted by atomic mass is 35.5. The van der Waals surface area contributed by atoms with Crippen LogP contribution in [-0.2, 0) is 22.2 Å². The highest BCUT2D eigenvalue weighted by molar-refractivity contribution is 7.88. The molecule has 0 aliphatic rings. The third-order valence-electron chi connectivity index (χ3n) is 3.52. The summed E-state index contributed by atoms with van der Waals surface area (Å²) < 4.78 is 32.5. The van der Waals surface area contributed by atoms with Gasteiger partial charge in [-0.3, -0.25) is 0 Å². The third kappa shape index (κ3) is 5.82. The van der Waals surface area contributed by atoms with Gasteiger partial charge < -0.3 is 4.74 Å². The summed E-state index contributed by atoms with van der Waals surface area (Å²) in [7, 11) is -3.40. The monoisotopic (exact) mass is 367 g/mol. The smallest absolute Gasteiger partial charge is 0.215 e. The lowest BCUT2D eigenvalue weighted by Crippen LogP contribution is -2.26. The zero-order valence-electron chi connectivity index (χ0n) is 13.7. The molecule has 0 spiro atoms. The lowest BCUT2D eigenvalue weighted by Gasteiger charge is -2.11. The van der Waals surface area contributed by atoms with Crippen molar-refractivity contribution in [2.45, 2.75) is 25.5 Å². The van der Waals surface area contributed by atoms with Gasteiger partial charge in [0.25, 0.3) is 0 Å². The first-order valence-electron chi connectivity index (χ1n) is 7.93. The second-order valence-corrected chi connectivity index (χ2v) is 7.60. The van der Waals surface area contributed by atoms with E-state index in [1.807, 2.05) is 31.2 Å². The maximum atomic E-state index is 12.1. The fourth-order valence-corrected chi connectivity index (χ4v) is 3.88. The van der Waals surface area contributed by atoms with Crippen LogP contribution in [0.25, 0.3) is 0 Å². The van der Waals surface area contributed by atoms with E-state index in [-0.39, 0.29) is 5.75 Å². The number of hydrogen-bond donors (Lipinski definition) is 1. The Bertz CT molecular complexity index is 762. The predicted molar refractivity (Wildman–Crippen MR) is 98.0 cm³/mol. The fraction of sp³-hybridized carbons (Fsp3) is 0.333. The van der Waals surface area contributed by atoms with Crippen molar-refractivity contribution in [2.24, 2.45) is 0 Å². The first-order chi connectivity index (χ1) is 11.5. The normalized spacial score (nSPS) is 11.4. The van der Waals surface area contributed by atoms with E-state index in [1.165, 1.54) is 0 Å². The Kier molecular flexibility index (Phi) is 7.09. The molecule has 130 valence electrons. The van der Waals surface area contributed by atoms with Crippen LogP contribution in [0.4, 0.5) is 0 Å². The van der Waals surface area contributed by atoms with Gasteiger partial charge in [0, 0.05) is 11.6 Å². The van der Waals surface area contributed by atoms with Crippen molar-refractivity contribution in [2.75, 3.05) is 13.2 Å². The van der Waals surface area contributed by atoms with Crippen LogP contribution in [0.15, 0.2) is 48.5 Å². The molecule has 0 aromatic heterocycles. The lowest BCUT2D eigenvalue weighted by molar-refractivity contribution is 0.336. The first-order valence-corrected chi connectivity index (χ1v) is 9.96. The SMILES string of the molecule is CCOc1ccccc1CCCNS(=O)(=O)Cc1ccccc1Cl. The van der Waals surface area contributed by atoms with E-state index in [4.69, 9.17) is 16.3 Å². The number of nitrogens with one attached hydrogen (secondary N) is 1. The molecule has 0 radical (unpaired) electrons. The van der Waals surface area contributed by atoms with Crippen LogP contribution in [-0.4, -0.2) is 21.6 Å². The quantitative estimate of drug-likeness (QED) is 0.686. The van der Waals surface area contributed by atoms with Crippen molar-refractivity contribution in [3.8, 4) is 5.75 Å². The molecule has 0 heterocycles. The molecule has 0 amide bonds. The number of aryl methyl sites for hydroxylation is 1. The van der Waals surface area contributed by atoms with Gasteiger partial charge in [0.15, 0.2) is 0 Å². The van der Waals surface area contributed by atoms with E-state index in [2.05, 4.69) is 4.72 Å². The highest BCUT2D eigenvalue weighted by Crippen LogP contribution is 2.20. The standard InChI is InChI=1S/C18H22ClNO3S/c1-2-23-18-12-6-4-8-15(18)10-7-13-20-24(21,22)14-16-9-3-5-11-17(16)19/h3-6,8-9,11-12,20H,2,7,10,13-14H2,1H3. The van der Waals surface area contributed by atoms with E-state index < -0.39 is 10.0 Å². The van der Waals surface area contributed by atoms with Gasteiger partial charge in [0.1, 0.15) is 5.75 Å². The molecular formula is C18H22ClNO3S. The van der Waals surface area contributed by atoms with Crippen LogP contribution in [0.1, 0.15) is 24.5 Å². The van der Waals surface area contributed by atoms with Crippen LogP contribution in [0, 0.1) is 0 Å². The number of benzene rings is 2. The summed E-state index contributed by atoms with van der Waals surface area (Å²) >= 11 is 6.01. The molecule has 0 unspecified atom stereocenters. The number of para-hydroxylation sites is 1. The molecule has 2 rings (SSSR count). The molecule has 24 heavy (non-hydrogen) atoms. The third-order valence-corrected chi connectivity index (χ3v) is 5.22. The highest BCUT2D eigenvalue weighted by Gasteiger charge is 2.13. The first kappa shape index (κ1) is 18.8. The Morgan fingerprint density at radius 3 is 2.42 bits per heavy atom. The number of sulfonamides is 1. The largest absolute Gasteiger partial charge is 0.494 e. The van der Waals surface area contributed by atoms with E-state index in [1.54, 1.807) is 24.3 Å². The average molecular weight is 368 g/mol. The zero-order valence-corrected chi connectivity index (χ0v) is 15.2. The van der Waals surface area contributed by atoms with Crippen molar-refractivity contribution < 1.29 is 13.2 Å². The molecule has 0 fully saturated rings. The summed E-state index contributed by atoms with van der Waals surface area (Å²) in [5.74, 6) is 0.751. The Labute approximate surface area is 148 Å². The van der Waals surface area contributed by atoms with Crippen molar-refractivity contribution in [3.63, 3.8) is 0 Å². The molecule has 0 atom stereocenters. The van der Waals surface area contributed by atoms with Crippen molar-refractivity contribution >= 4 is 21.6 Å². The fourth-order valence-electron chi connectivity index (χ4n) is 2.38. The van der Waals surface area contributed by atoms with Crippen molar-refractivity contribution in [1.82, 2.24) is 4.72 Å². The molecule has 0 bridgehead atoms. The average Bonchev–Trinajstić information content (AvgIpc) is 2.55. The molecule has 0 aliphatic carbocycles. The second kappa shape index (κ2) is 9.06. The lowest BCUT2D eigenvalue weighted by atomic mass is 10.1. The summed E-state index contributed by atoms with van der Waals surface area (Å²) in [5.41, 5.74) is 1.69. The van der Waals surface area contributed by atoms with Crippen LogP contribution in [0.3, 0.4) is 0 Å². The molecule has 0 saturated carbocycles. The minimum Gasteiger partial charge on any atom is -0.494 e. The number of ether oxygens (including phenoxy) is 1. The molecule has 2 aromatic rings. The van der Waals surface area contributed by atoms with E-state index in [0.29, 0.717) is 30.2 Å². The summed E-state index contributed by atoms with van der Waals surface area (Å²) in [5, 5.41) is 0.466. The molecule has 0 aliphatic heterocycles. The minimum absolute atomic E-state index is 0.109. The molecule has 6 heteroatoms. The maximum Gasteiger partial charge on any atom is 0.215 e. The Morgan fingerprint density at radius 1 is 1.04 bits per heavy atom. The maximum absolute atomic E-state index is 12.1. The Morgan fingerprint density at radius 2 is 1.71 bits per heavy atom. The van der Waals surface area contributed by atoms with Crippen LogP contribution in [0.2, 0.25) is 5.02 Å². The van der Waals surface area contributed by atoms with E-state index >= 15 is 0 Å². The van der Waals surface area contributed by atoms with Gasteiger partial charge in [-0.1, -0.05) is 48.0 Å². The summed E-state index contributed by atoms with van der Waals surface area (Å²) in [6.07, 6.45) is 1.45. The van der Waals surface area contributed by atoms with Crippen molar-refractivity contribution in [3.05, 3.63) is 64.7 Å². The van der Waals surface area contributed by atoms with E-state index in [9.17, 15) is 8.42 Å². The van der Waals surface area contributed by atoms with Crippen LogP contribution < -0.4 is 9.46 Å². The number of rotatable bonds is 9. The number of hydrogen-bond acceptors (Lipinski definition) is 3. The van der Waals surface area contributed by atoms with Gasteiger partial charge in [0.05, 0.1) is 12.4 Å². The molecule has 1 N–H and O–H groups in total. The Balaban J connectivity index is 1.84. The molecule has 4 nitrogen and oxygen atoms in total. The summed E-state index contributed by atoms with van der Waals surface area (Å²) in [6, 6.07) is 14.8. The predicted octanol–water partition coefficient (Wildman–Crippen LogP) is 3.79. The molecular weight excluding hydrogens is 346 g/mol. The number of halogens is 1. The van der Waals surface area contributed by atoms with Crippen LogP contribution in [0.5, 0.6) is 5.75 Å². The van der Waals surface area contributed by atoms with Crippen LogP contribution >= 0.6 is 11.6 Å².